The molecule has 0 bridgehead atoms. The van der Waals surface area contributed by atoms with Crippen LogP contribution in [-0.2, 0) is 10.0 Å². The van der Waals surface area contributed by atoms with Crippen molar-refractivity contribution in [1.29, 1.82) is 0 Å². The highest BCUT2D eigenvalue weighted by molar-refractivity contribution is 9.10. The van der Waals surface area contributed by atoms with Gasteiger partial charge in [0, 0.05) is 6.54 Å². The maximum atomic E-state index is 14.0. The van der Waals surface area contributed by atoms with Gasteiger partial charge in [-0.3, -0.25) is 0 Å². The number of nitrogens with one attached hydrogen (secondary N) is 1. The van der Waals surface area contributed by atoms with E-state index in [4.69, 9.17) is 17.3 Å². The summed E-state index contributed by atoms with van der Waals surface area (Å²) in [6.45, 7) is -0.164. The fourth-order valence-electron chi connectivity index (χ4n) is 1.86. The first-order chi connectivity index (χ1) is 9.16. The molecule has 5 nitrogen and oxygen atoms in total. The Kier molecular flexibility index (Phi) is 4.32. The van der Waals surface area contributed by atoms with E-state index in [0.717, 1.165) is 12.5 Å². The first-order valence-corrected chi connectivity index (χ1v) is 8.47. The van der Waals surface area contributed by atoms with E-state index in [1.54, 1.807) is 0 Å². The standard InChI is InChI=1S/C11H13BrClFN2O3S/c12-8-6(13)4-7(9(14)10(8)15)20(18,19)16-5-11(17)2-1-3-11/h4,16-17H,1-3,5,15H2. The van der Waals surface area contributed by atoms with Crippen LogP contribution < -0.4 is 10.5 Å². The van der Waals surface area contributed by atoms with Gasteiger partial charge in [-0.05, 0) is 41.3 Å². The highest BCUT2D eigenvalue weighted by Gasteiger charge is 2.36. The van der Waals surface area contributed by atoms with Crippen LogP contribution in [0.4, 0.5) is 10.1 Å². The summed E-state index contributed by atoms with van der Waals surface area (Å²) in [6, 6.07) is 0.977. The van der Waals surface area contributed by atoms with E-state index in [2.05, 4.69) is 20.7 Å². The van der Waals surface area contributed by atoms with Gasteiger partial charge in [0.2, 0.25) is 10.0 Å². The summed E-state index contributed by atoms with van der Waals surface area (Å²) in [5, 5.41) is 9.86. The Morgan fingerprint density at radius 1 is 1.55 bits per heavy atom. The summed E-state index contributed by atoms with van der Waals surface area (Å²) in [6.07, 6.45) is 1.87. The molecule has 9 heteroatoms. The van der Waals surface area contributed by atoms with Crippen molar-refractivity contribution in [2.45, 2.75) is 29.8 Å². The maximum Gasteiger partial charge on any atom is 0.243 e. The van der Waals surface area contributed by atoms with Crippen molar-refractivity contribution < 1.29 is 17.9 Å². The Morgan fingerprint density at radius 3 is 2.65 bits per heavy atom. The van der Waals surface area contributed by atoms with E-state index < -0.39 is 26.3 Å². The third-order valence-electron chi connectivity index (χ3n) is 3.32. The van der Waals surface area contributed by atoms with Crippen molar-refractivity contribution in [1.82, 2.24) is 4.72 Å². The molecule has 112 valence electrons. The Morgan fingerprint density at radius 2 is 2.15 bits per heavy atom. The molecule has 0 amide bonds. The van der Waals surface area contributed by atoms with Crippen molar-refractivity contribution in [3.63, 3.8) is 0 Å². The highest BCUT2D eigenvalue weighted by Crippen LogP contribution is 2.35. The normalized spacial score (nSPS) is 17.8. The average molecular weight is 388 g/mol. The lowest BCUT2D eigenvalue weighted by atomic mass is 9.81. The smallest absolute Gasteiger partial charge is 0.243 e. The van der Waals surface area contributed by atoms with Crippen LogP contribution >= 0.6 is 27.5 Å². The Bertz CT molecular complexity index is 650. The zero-order valence-corrected chi connectivity index (χ0v) is 13.4. The molecule has 1 fully saturated rings. The highest BCUT2D eigenvalue weighted by atomic mass is 79.9. The molecule has 0 heterocycles. The predicted octanol–water partition coefficient (Wildman–Crippen LogP) is 2.02. The van der Waals surface area contributed by atoms with Gasteiger partial charge in [0.25, 0.3) is 0 Å². The summed E-state index contributed by atoms with van der Waals surface area (Å²) in [4.78, 5) is -0.633. The van der Waals surface area contributed by atoms with Gasteiger partial charge in [-0.15, -0.1) is 0 Å². The van der Waals surface area contributed by atoms with Gasteiger partial charge in [-0.1, -0.05) is 11.6 Å². The number of nitrogen functional groups attached to an aromatic ring is 1. The van der Waals surface area contributed by atoms with Gasteiger partial charge < -0.3 is 10.8 Å². The number of aliphatic hydroxyl groups is 1. The molecule has 1 aliphatic carbocycles. The molecule has 20 heavy (non-hydrogen) atoms. The fraction of sp³-hybridized carbons (Fsp3) is 0.455. The molecular formula is C11H13BrClFN2O3S. The molecule has 0 saturated heterocycles. The number of rotatable bonds is 4. The number of benzene rings is 1. The summed E-state index contributed by atoms with van der Waals surface area (Å²) in [5.74, 6) is -1.07. The largest absolute Gasteiger partial charge is 0.395 e. The summed E-state index contributed by atoms with van der Waals surface area (Å²) >= 11 is 8.76. The molecule has 0 aromatic heterocycles. The molecule has 0 atom stereocenters. The van der Waals surface area contributed by atoms with Crippen molar-refractivity contribution in [2.24, 2.45) is 0 Å². The second kappa shape index (κ2) is 5.42. The van der Waals surface area contributed by atoms with Crippen LogP contribution in [0.15, 0.2) is 15.4 Å². The topological polar surface area (TPSA) is 92.4 Å². The van der Waals surface area contributed by atoms with Crippen molar-refractivity contribution >= 4 is 43.2 Å². The molecule has 4 N–H and O–H groups in total. The van der Waals surface area contributed by atoms with E-state index in [9.17, 15) is 17.9 Å². The molecule has 1 aliphatic rings. The maximum absolute atomic E-state index is 14.0. The van der Waals surface area contributed by atoms with Crippen molar-refractivity contribution in [2.75, 3.05) is 12.3 Å². The first-order valence-electron chi connectivity index (χ1n) is 5.81. The van der Waals surface area contributed by atoms with Gasteiger partial charge in [-0.25, -0.2) is 17.5 Å². The zero-order valence-electron chi connectivity index (χ0n) is 10.3. The third-order valence-corrected chi connectivity index (χ3v) is 6.10. The Balaban J connectivity index is 2.30. The lowest BCUT2D eigenvalue weighted by molar-refractivity contribution is -0.0271. The minimum absolute atomic E-state index is 0.00775. The van der Waals surface area contributed by atoms with E-state index >= 15 is 0 Å². The molecule has 1 saturated carbocycles. The van der Waals surface area contributed by atoms with Gasteiger partial charge in [0.1, 0.15) is 4.90 Å². The van der Waals surface area contributed by atoms with Crippen LogP contribution in [0.5, 0.6) is 0 Å². The minimum Gasteiger partial charge on any atom is -0.395 e. The summed E-state index contributed by atoms with van der Waals surface area (Å²) in [7, 11) is -4.13. The number of halogens is 3. The molecule has 1 aromatic rings. The van der Waals surface area contributed by atoms with Gasteiger partial charge >= 0.3 is 0 Å². The van der Waals surface area contributed by atoms with Gasteiger partial charge in [-0.2, -0.15) is 0 Å². The molecule has 2 rings (SSSR count). The number of nitrogens with two attached hydrogens (primary N) is 1. The van der Waals surface area contributed by atoms with E-state index in [1.165, 1.54) is 0 Å². The summed E-state index contributed by atoms with van der Waals surface area (Å²) in [5.41, 5.74) is 4.03. The molecule has 0 radical (unpaired) electrons. The van der Waals surface area contributed by atoms with E-state index in [1.807, 2.05) is 0 Å². The van der Waals surface area contributed by atoms with Crippen LogP contribution in [0.3, 0.4) is 0 Å². The quantitative estimate of drug-likeness (QED) is 0.544. The van der Waals surface area contributed by atoms with E-state index in [0.29, 0.717) is 12.8 Å². The Labute approximate surface area is 129 Å². The second-order valence-electron chi connectivity index (χ2n) is 4.80. The minimum atomic E-state index is -4.13. The average Bonchev–Trinajstić information content (AvgIpc) is 2.35. The van der Waals surface area contributed by atoms with E-state index in [-0.39, 0.29) is 21.7 Å². The Hall–Kier alpha value is -0.410. The SMILES string of the molecule is Nc1c(F)c(S(=O)(=O)NCC2(O)CCC2)cc(Cl)c1Br. The van der Waals surface area contributed by atoms with Crippen LogP contribution in [0.25, 0.3) is 0 Å². The zero-order chi connectivity index (χ0) is 15.1. The van der Waals surface area contributed by atoms with Crippen LogP contribution in [0.2, 0.25) is 5.02 Å². The lowest BCUT2D eigenvalue weighted by Gasteiger charge is -2.36. The molecule has 0 aliphatic heterocycles. The van der Waals surface area contributed by atoms with Crippen LogP contribution in [-0.4, -0.2) is 25.7 Å². The van der Waals surface area contributed by atoms with Gasteiger partial charge in [0.15, 0.2) is 5.82 Å². The number of hydrogen-bond donors (Lipinski definition) is 3. The fourth-order valence-corrected chi connectivity index (χ4v) is 3.66. The predicted molar refractivity (Wildman–Crippen MR) is 77.5 cm³/mol. The van der Waals surface area contributed by atoms with Crippen molar-refractivity contribution in [3.05, 3.63) is 21.4 Å². The van der Waals surface area contributed by atoms with Gasteiger partial charge in [0.05, 0.1) is 20.8 Å². The third kappa shape index (κ3) is 2.94. The second-order valence-corrected chi connectivity index (χ2v) is 7.74. The molecule has 0 unspecified atom stereocenters. The number of hydrogen-bond acceptors (Lipinski definition) is 4. The number of sulfonamides is 1. The molecule has 0 spiro atoms. The monoisotopic (exact) mass is 386 g/mol. The first kappa shape index (κ1) is 16.0. The van der Waals surface area contributed by atoms with Crippen molar-refractivity contribution in [3.8, 4) is 0 Å². The summed E-state index contributed by atoms with van der Waals surface area (Å²) < 4.78 is 40.4. The lowest BCUT2D eigenvalue weighted by Crippen LogP contribution is -2.47. The van der Waals surface area contributed by atoms with Crippen LogP contribution in [0, 0.1) is 5.82 Å². The molecule has 1 aromatic carbocycles. The number of anilines is 1. The van der Waals surface area contributed by atoms with Crippen LogP contribution in [0.1, 0.15) is 19.3 Å². The molecular weight excluding hydrogens is 375 g/mol.